The fraction of sp³-hybridized carbons (Fsp3) is 0.320. The van der Waals surface area contributed by atoms with Crippen molar-refractivity contribution in [2.24, 2.45) is 0 Å². The van der Waals surface area contributed by atoms with Crippen LogP contribution in [0.1, 0.15) is 32.3 Å². The number of nitrogen functional groups attached to an aromatic ring is 1. The lowest BCUT2D eigenvalue weighted by Gasteiger charge is -2.28. The number of aromatic nitrogens is 2. The molecule has 0 saturated heterocycles. The number of hydrogen-bond donors (Lipinski definition) is 2. The highest BCUT2D eigenvalue weighted by Crippen LogP contribution is 2.26. The lowest BCUT2D eigenvalue weighted by atomic mass is 10.1. The zero-order valence-electron chi connectivity index (χ0n) is 19.9. The topological polar surface area (TPSA) is 120 Å². The van der Waals surface area contributed by atoms with Gasteiger partial charge in [-0.3, -0.25) is 24.0 Å². The van der Waals surface area contributed by atoms with Crippen LogP contribution in [0.2, 0.25) is 0 Å². The molecule has 1 atom stereocenters. The minimum atomic E-state index is -1.06. The smallest absolute Gasteiger partial charge is 0.330 e. The molecule has 0 bridgehead atoms. The summed E-state index contributed by atoms with van der Waals surface area (Å²) < 4.78 is 25.6. The van der Waals surface area contributed by atoms with Crippen molar-refractivity contribution in [3.8, 4) is 11.5 Å². The van der Waals surface area contributed by atoms with Crippen molar-refractivity contribution in [3.05, 3.63) is 80.7 Å². The molecule has 2 aromatic carbocycles. The van der Waals surface area contributed by atoms with E-state index in [2.05, 4.69) is 4.98 Å². The number of methoxy groups -OCH3 is 1. The van der Waals surface area contributed by atoms with Crippen molar-refractivity contribution in [1.29, 1.82) is 0 Å². The van der Waals surface area contributed by atoms with Crippen LogP contribution in [0, 0.1) is 5.82 Å². The molecular weight excluding hydrogens is 455 g/mol. The van der Waals surface area contributed by atoms with Crippen LogP contribution in [0.5, 0.6) is 11.5 Å². The summed E-state index contributed by atoms with van der Waals surface area (Å²) in [5.41, 5.74) is 5.30. The van der Waals surface area contributed by atoms with Crippen molar-refractivity contribution in [2.45, 2.75) is 45.9 Å². The van der Waals surface area contributed by atoms with Crippen LogP contribution in [0.25, 0.3) is 0 Å². The predicted octanol–water partition coefficient (Wildman–Crippen LogP) is 3.07. The number of halogens is 1. The number of hydrogen-bond acceptors (Lipinski definition) is 6. The number of anilines is 2. The average molecular weight is 485 g/mol. The van der Waals surface area contributed by atoms with Crippen molar-refractivity contribution in [3.63, 3.8) is 0 Å². The lowest BCUT2D eigenvalue weighted by Crippen LogP contribution is -2.45. The molecule has 3 N–H and O–H groups in total. The Labute approximate surface area is 201 Å². The molecule has 1 heterocycles. The largest absolute Gasteiger partial charge is 0.496 e. The zero-order valence-corrected chi connectivity index (χ0v) is 19.9. The van der Waals surface area contributed by atoms with Crippen LogP contribution in [-0.2, 0) is 17.9 Å². The van der Waals surface area contributed by atoms with E-state index in [1.807, 2.05) is 6.92 Å². The van der Waals surface area contributed by atoms with Gasteiger partial charge in [-0.25, -0.2) is 9.18 Å². The molecule has 0 aliphatic heterocycles. The summed E-state index contributed by atoms with van der Waals surface area (Å²) in [7, 11) is 1.50. The average Bonchev–Trinajstić information content (AvgIpc) is 2.84. The van der Waals surface area contributed by atoms with Gasteiger partial charge in [0.05, 0.1) is 13.7 Å². The van der Waals surface area contributed by atoms with Crippen molar-refractivity contribution >= 4 is 17.4 Å². The number of unbranched alkanes of at least 4 members (excludes halogenated alkanes) is 1. The second-order valence-electron chi connectivity index (χ2n) is 7.95. The highest BCUT2D eigenvalue weighted by atomic mass is 19.1. The van der Waals surface area contributed by atoms with Crippen LogP contribution in [0.3, 0.4) is 0 Å². The number of carbonyl (C=O) groups excluding carboxylic acids is 1. The van der Waals surface area contributed by atoms with E-state index < -0.39 is 29.1 Å². The maximum Gasteiger partial charge on any atom is 0.330 e. The number of H-pyrrole nitrogens is 1. The molecule has 9 nitrogen and oxygen atoms in total. The van der Waals surface area contributed by atoms with Crippen molar-refractivity contribution in [1.82, 2.24) is 9.55 Å². The maximum atomic E-state index is 13.6. The second-order valence-corrected chi connectivity index (χ2v) is 7.95. The first kappa shape index (κ1) is 25.5. The summed E-state index contributed by atoms with van der Waals surface area (Å²) in [6.45, 7) is 3.68. The van der Waals surface area contributed by atoms with Gasteiger partial charge in [0, 0.05) is 12.1 Å². The number of nitrogens with zero attached hydrogens (tertiary/aromatic N) is 2. The Hall–Kier alpha value is -4.08. The monoisotopic (exact) mass is 484 g/mol. The molecule has 0 radical (unpaired) electrons. The maximum absolute atomic E-state index is 13.6. The van der Waals surface area contributed by atoms with Gasteiger partial charge in [-0.2, -0.15) is 0 Å². The molecule has 0 aliphatic carbocycles. The van der Waals surface area contributed by atoms with Crippen LogP contribution < -0.4 is 31.4 Å². The first-order valence-corrected chi connectivity index (χ1v) is 11.2. The minimum absolute atomic E-state index is 0.0702. The Kier molecular flexibility index (Phi) is 8.30. The van der Waals surface area contributed by atoms with E-state index in [9.17, 15) is 18.8 Å². The van der Waals surface area contributed by atoms with Gasteiger partial charge < -0.3 is 15.2 Å². The molecule has 0 fully saturated rings. The Balaban J connectivity index is 2.08. The third-order valence-corrected chi connectivity index (χ3v) is 5.48. The fourth-order valence-corrected chi connectivity index (χ4v) is 3.63. The van der Waals surface area contributed by atoms with Gasteiger partial charge in [-0.1, -0.05) is 31.5 Å². The van der Waals surface area contributed by atoms with E-state index in [4.69, 9.17) is 15.2 Å². The molecule has 35 heavy (non-hydrogen) atoms. The van der Waals surface area contributed by atoms with Gasteiger partial charge in [0.25, 0.3) is 11.5 Å². The Morgan fingerprint density at radius 2 is 1.86 bits per heavy atom. The molecule has 1 amide bonds. The van der Waals surface area contributed by atoms with Gasteiger partial charge in [0.2, 0.25) is 0 Å². The number of nitrogens with one attached hydrogen (secondary N) is 1. The summed E-state index contributed by atoms with van der Waals surface area (Å²) in [4.78, 5) is 42.4. The van der Waals surface area contributed by atoms with Gasteiger partial charge in [-0.15, -0.1) is 0 Å². The van der Waals surface area contributed by atoms with E-state index in [-0.39, 0.29) is 30.3 Å². The van der Waals surface area contributed by atoms with E-state index in [1.54, 1.807) is 24.3 Å². The highest BCUT2D eigenvalue weighted by molar-refractivity contribution is 5.98. The van der Waals surface area contributed by atoms with E-state index >= 15 is 0 Å². The third-order valence-electron chi connectivity index (χ3n) is 5.48. The van der Waals surface area contributed by atoms with E-state index in [0.717, 1.165) is 6.42 Å². The molecule has 10 heteroatoms. The molecular formula is C25H29FN4O5. The molecule has 3 aromatic rings. The van der Waals surface area contributed by atoms with Crippen LogP contribution in [0.4, 0.5) is 15.9 Å². The van der Waals surface area contributed by atoms with E-state index in [1.165, 1.54) is 47.8 Å². The molecule has 1 aromatic heterocycles. The minimum Gasteiger partial charge on any atom is -0.496 e. The number of rotatable bonds is 10. The highest BCUT2D eigenvalue weighted by Gasteiger charge is 2.30. The molecule has 0 unspecified atom stereocenters. The number of aromatic amines is 1. The lowest BCUT2D eigenvalue weighted by molar-refractivity contribution is -0.124. The summed E-state index contributed by atoms with van der Waals surface area (Å²) in [5, 5.41) is 0. The van der Waals surface area contributed by atoms with Gasteiger partial charge >= 0.3 is 5.69 Å². The van der Waals surface area contributed by atoms with Gasteiger partial charge in [-0.05, 0) is 43.7 Å². The predicted molar refractivity (Wildman–Crippen MR) is 131 cm³/mol. The van der Waals surface area contributed by atoms with Gasteiger partial charge in [0.15, 0.2) is 11.8 Å². The first-order chi connectivity index (χ1) is 16.8. The van der Waals surface area contributed by atoms with Gasteiger partial charge in [0.1, 0.15) is 23.1 Å². The number of para-hydroxylation sites is 1. The van der Waals surface area contributed by atoms with Crippen molar-refractivity contribution < 1.29 is 18.7 Å². The zero-order chi connectivity index (χ0) is 25.5. The standard InChI is InChI=1S/C25H29FN4O5/c1-4-5-14-29-22(27)21(23(31)28-25(29)33)30(15-17-8-6-7-9-20(17)34-3)24(32)16(2)35-19-12-10-18(26)11-13-19/h6-13,16H,4-5,14-15,27H2,1-3H3,(H,28,31,33)/t16-/m0/s1. The summed E-state index contributed by atoms with van der Waals surface area (Å²) >= 11 is 0. The molecule has 0 saturated carbocycles. The fourth-order valence-electron chi connectivity index (χ4n) is 3.63. The number of carbonyl (C=O) groups is 1. The third kappa shape index (κ3) is 5.89. The Morgan fingerprint density at radius 3 is 2.51 bits per heavy atom. The molecule has 3 rings (SSSR count). The summed E-state index contributed by atoms with van der Waals surface area (Å²) in [6.07, 6.45) is 0.386. The van der Waals surface area contributed by atoms with Crippen LogP contribution in [-0.4, -0.2) is 28.7 Å². The quantitative estimate of drug-likeness (QED) is 0.456. The first-order valence-electron chi connectivity index (χ1n) is 11.2. The number of benzene rings is 2. The second kappa shape index (κ2) is 11.4. The summed E-state index contributed by atoms with van der Waals surface area (Å²) in [5.74, 6) is -0.365. The number of amides is 1. The van der Waals surface area contributed by atoms with Crippen LogP contribution >= 0.6 is 0 Å². The van der Waals surface area contributed by atoms with Crippen LogP contribution in [0.15, 0.2) is 58.1 Å². The molecule has 186 valence electrons. The Morgan fingerprint density at radius 1 is 1.17 bits per heavy atom. The number of ether oxygens (including phenoxy) is 2. The van der Waals surface area contributed by atoms with E-state index in [0.29, 0.717) is 17.7 Å². The SMILES string of the molecule is CCCCn1c(N)c(N(Cc2ccccc2OC)C(=O)[C@H](C)Oc2ccc(F)cc2)c(=O)[nH]c1=O. The Bertz CT molecular complexity index is 1290. The van der Waals surface area contributed by atoms with Crippen molar-refractivity contribution in [2.75, 3.05) is 17.7 Å². The molecule has 0 spiro atoms. The summed E-state index contributed by atoms with van der Waals surface area (Å²) in [6, 6.07) is 12.3. The normalized spacial score (nSPS) is 11.7. The number of nitrogens with two attached hydrogens (primary N) is 1. The molecule has 0 aliphatic rings.